The van der Waals surface area contributed by atoms with Crippen molar-refractivity contribution in [3.8, 4) is 0 Å². The van der Waals surface area contributed by atoms with Crippen LogP contribution >= 0.6 is 0 Å². The third kappa shape index (κ3) is 6.97. The predicted molar refractivity (Wildman–Crippen MR) is 44.4 cm³/mol. The van der Waals surface area contributed by atoms with Gasteiger partial charge in [0.15, 0.2) is 0 Å². The molecular weight excluding hydrogens is 140 g/mol. The zero-order chi connectivity index (χ0) is 8.69. The minimum absolute atomic E-state index is 0.130. The van der Waals surface area contributed by atoms with Gasteiger partial charge in [-0.2, -0.15) is 0 Å². The molecule has 0 radical (unpaired) electrons. The quantitative estimate of drug-likeness (QED) is 0.567. The Labute approximate surface area is 67.3 Å². The van der Waals surface area contributed by atoms with E-state index in [9.17, 15) is 9.59 Å². The number of Topliss-reactive ketones (excluding diaryl/α,β-unsaturated/α-hetero) is 2. The topological polar surface area (TPSA) is 34.1 Å². The van der Waals surface area contributed by atoms with Gasteiger partial charge in [-0.1, -0.05) is 19.1 Å². The predicted octanol–water partition coefficient (Wildman–Crippen LogP) is 1.89. The molecule has 0 aliphatic carbocycles. The monoisotopic (exact) mass is 154 g/mol. The van der Waals surface area contributed by atoms with Crippen LogP contribution in [0.15, 0.2) is 12.2 Å². The third-order valence-electron chi connectivity index (χ3n) is 1.31. The van der Waals surface area contributed by atoms with Crippen LogP contribution in [0.4, 0.5) is 0 Å². The lowest BCUT2D eigenvalue weighted by Crippen LogP contribution is -1.91. The first kappa shape index (κ1) is 10.1. The molecule has 0 aromatic rings. The van der Waals surface area contributed by atoms with Crippen molar-refractivity contribution in [3.05, 3.63) is 12.2 Å². The fourth-order valence-corrected chi connectivity index (χ4v) is 0.608. The normalized spacial score (nSPS) is 10.4. The Bertz CT molecular complexity index is 168. The number of hydrogen-bond donors (Lipinski definition) is 0. The Morgan fingerprint density at radius 2 is 1.73 bits per heavy atom. The van der Waals surface area contributed by atoms with Gasteiger partial charge in [-0.15, -0.1) is 0 Å². The molecule has 0 N–H and O–H groups in total. The number of rotatable bonds is 5. The first-order valence-corrected chi connectivity index (χ1v) is 3.83. The van der Waals surface area contributed by atoms with E-state index in [2.05, 4.69) is 0 Å². The average molecular weight is 154 g/mol. The van der Waals surface area contributed by atoms with E-state index in [1.54, 1.807) is 12.2 Å². The van der Waals surface area contributed by atoms with Crippen LogP contribution in [-0.2, 0) is 9.59 Å². The van der Waals surface area contributed by atoms with Crippen LogP contribution in [0.25, 0.3) is 0 Å². The molecule has 0 unspecified atom stereocenters. The molecule has 0 heterocycles. The number of ketones is 2. The van der Waals surface area contributed by atoms with Crippen LogP contribution < -0.4 is 0 Å². The highest BCUT2D eigenvalue weighted by Gasteiger charge is 1.92. The van der Waals surface area contributed by atoms with Crippen LogP contribution in [0, 0.1) is 0 Å². The smallest absolute Gasteiger partial charge is 0.136 e. The lowest BCUT2D eigenvalue weighted by atomic mass is 10.2. The highest BCUT2D eigenvalue weighted by molar-refractivity contribution is 5.80. The van der Waals surface area contributed by atoms with Gasteiger partial charge in [-0.3, -0.25) is 9.59 Å². The van der Waals surface area contributed by atoms with E-state index < -0.39 is 0 Å². The Balaban J connectivity index is 3.44. The Kier molecular flexibility index (Phi) is 5.35. The lowest BCUT2D eigenvalue weighted by Gasteiger charge is -1.87. The summed E-state index contributed by atoms with van der Waals surface area (Å²) in [7, 11) is 0. The Hall–Kier alpha value is -0.920. The van der Waals surface area contributed by atoms with Crippen LogP contribution in [0.3, 0.4) is 0 Å². The van der Waals surface area contributed by atoms with Gasteiger partial charge < -0.3 is 0 Å². The molecule has 0 spiro atoms. The fourth-order valence-electron chi connectivity index (χ4n) is 0.608. The first-order chi connectivity index (χ1) is 5.16. The van der Waals surface area contributed by atoms with E-state index in [1.807, 2.05) is 6.92 Å². The van der Waals surface area contributed by atoms with Crippen molar-refractivity contribution in [2.75, 3.05) is 0 Å². The van der Waals surface area contributed by atoms with Gasteiger partial charge >= 0.3 is 0 Å². The molecule has 0 atom stereocenters. The molecule has 2 nitrogen and oxygen atoms in total. The summed E-state index contributed by atoms with van der Waals surface area (Å²) in [5.74, 6) is 0.343. The molecule has 0 amide bonds. The van der Waals surface area contributed by atoms with E-state index in [1.165, 1.54) is 6.92 Å². The van der Waals surface area contributed by atoms with Gasteiger partial charge in [0.25, 0.3) is 0 Å². The summed E-state index contributed by atoms with van der Waals surface area (Å²) in [5, 5.41) is 0. The van der Waals surface area contributed by atoms with Crippen LogP contribution in [-0.4, -0.2) is 11.6 Å². The van der Waals surface area contributed by atoms with Crippen molar-refractivity contribution < 1.29 is 9.59 Å². The van der Waals surface area contributed by atoms with E-state index in [-0.39, 0.29) is 11.6 Å². The SMILES string of the molecule is CCC(=O)CC=CCC(C)=O. The number of hydrogen-bond acceptors (Lipinski definition) is 2. The van der Waals surface area contributed by atoms with Crippen LogP contribution in [0.5, 0.6) is 0 Å². The fraction of sp³-hybridized carbons (Fsp3) is 0.556. The minimum atomic E-state index is 0.130. The van der Waals surface area contributed by atoms with E-state index in [0.717, 1.165) is 0 Å². The maximum atomic E-state index is 10.7. The van der Waals surface area contributed by atoms with Crippen molar-refractivity contribution >= 4 is 11.6 Å². The number of allylic oxidation sites excluding steroid dienone is 2. The summed E-state index contributed by atoms with van der Waals surface area (Å²) in [4.78, 5) is 21.1. The zero-order valence-electron chi connectivity index (χ0n) is 7.09. The summed E-state index contributed by atoms with van der Waals surface area (Å²) >= 11 is 0. The second-order valence-electron chi connectivity index (χ2n) is 2.47. The standard InChI is InChI=1S/C9H14O2/c1-3-9(11)7-5-4-6-8(2)10/h4-5H,3,6-7H2,1-2H3. The summed E-state index contributed by atoms with van der Waals surface area (Å²) in [6.45, 7) is 3.37. The highest BCUT2D eigenvalue weighted by atomic mass is 16.1. The first-order valence-electron chi connectivity index (χ1n) is 3.83. The molecular formula is C9H14O2. The van der Waals surface area contributed by atoms with Crippen LogP contribution in [0.1, 0.15) is 33.1 Å². The number of carbonyl (C=O) groups excluding carboxylic acids is 2. The molecule has 11 heavy (non-hydrogen) atoms. The molecule has 0 rings (SSSR count). The van der Waals surface area contributed by atoms with E-state index in [0.29, 0.717) is 19.3 Å². The Morgan fingerprint density at radius 1 is 1.18 bits per heavy atom. The van der Waals surface area contributed by atoms with E-state index in [4.69, 9.17) is 0 Å². The summed E-state index contributed by atoms with van der Waals surface area (Å²) in [6, 6.07) is 0. The molecule has 0 saturated heterocycles. The summed E-state index contributed by atoms with van der Waals surface area (Å²) in [5.41, 5.74) is 0. The Morgan fingerprint density at radius 3 is 2.18 bits per heavy atom. The largest absolute Gasteiger partial charge is 0.300 e. The second-order valence-corrected chi connectivity index (χ2v) is 2.47. The third-order valence-corrected chi connectivity index (χ3v) is 1.31. The molecule has 0 aromatic carbocycles. The zero-order valence-corrected chi connectivity index (χ0v) is 7.09. The number of carbonyl (C=O) groups is 2. The van der Waals surface area contributed by atoms with E-state index >= 15 is 0 Å². The molecule has 0 aliphatic rings. The van der Waals surface area contributed by atoms with Gasteiger partial charge in [0.05, 0.1) is 0 Å². The lowest BCUT2D eigenvalue weighted by molar-refractivity contribution is -0.118. The van der Waals surface area contributed by atoms with Gasteiger partial charge in [0, 0.05) is 19.3 Å². The maximum Gasteiger partial charge on any atom is 0.136 e. The van der Waals surface area contributed by atoms with Crippen molar-refractivity contribution in [2.24, 2.45) is 0 Å². The van der Waals surface area contributed by atoms with Crippen molar-refractivity contribution in [2.45, 2.75) is 33.1 Å². The average Bonchev–Trinajstić information content (AvgIpc) is 1.97. The van der Waals surface area contributed by atoms with Crippen molar-refractivity contribution in [3.63, 3.8) is 0 Å². The van der Waals surface area contributed by atoms with Gasteiger partial charge in [0.2, 0.25) is 0 Å². The minimum Gasteiger partial charge on any atom is -0.300 e. The molecule has 2 heteroatoms. The van der Waals surface area contributed by atoms with Crippen molar-refractivity contribution in [1.29, 1.82) is 0 Å². The molecule has 0 aliphatic heterocycles. The molecule has 0 saturated carbocycles. The molecule has 0 fully saturated rings. The summed E-state index contributed by atoms with van der Waals surface area (Å²) in [6.07, 6.45) is 4.98. The van der Waals surface area contributed by atoms with Crippen molar-refractivity contribution in [1.82, 2.24) is 0 Å². The van der Waals surface area contributed by atoms with Gasteiger partial charge in [-0.05, 0) is 6.92 Å². The van der Waals surface area contributed by atoms with Gasteiger partial charge in [-0.25, -0.2) is 0 Å². The second kappa shape index (κ2) is 5.83. The maximum absolute atomic E-state index is 10.7. The van der Waals surface area contributed by atoms with Gasteiger partial charge in [0.1, 0.15) is 11.6 Å². The van der Waals surface area contributed by atoms with Crippen LogP contribution in [0.2, 0.25) is 0 Å². The molecule has 62 valence electrons. The molecule has 0 aromatic heterocycles. The summed E-state index contributed by atoms with van der Waals surface area (Å²) < 4.78 is 0. The highest BCUT2D eigenvalue weighted by Crippen LogP contribution is 1.92. The molecule has 0 bridgehead atoms.